The summed E-state index contributed by atoms with van der Waals surface area (Å²) in [5.74, 6) is -0.0493. The van der Waals surface area contributed by atoms with Crippen molar-refractivity contribution in [3.63, 3.8) is 0 Å². The van der Waals surface area contributed by atoms with Gasteiger partial charge in [0.1, 0.15) is 28.5 Å². The van der Waals surface area contributed by atoms with Gasteiger partial charge in [-0.15, -0.1) is 0 Å². The van der Waals surface area contributed by atoms with E-state index in [2.05, 4.69) is 29.6 Å². The highest BCUT2D eigenvalue weighted by Gasteiger charge is 2.21. The molecule has 0 amide bonds. The number of benzene rings is 1. The molecule has 0 saturated carbocycles. The van der Waals surface area contributed by atoms with Gasteiger partial charge in [0.25, 0.3) is 0 Å². The van der Waals surface area contributed by atoms with Crippen molar-refractivity contribution in [3.8, 4) is 23.3 Å². The third kappa shape index (κ3) is 3.96. The Hall–Kier alpha value is -3.03. The largest absolute Gasteiger partial charge is 0.468 e. The molecule has 1 aromatic carbocycles. The summed E-state index contributed by atoms with van der Waals surface area (Å²) in [5.41, 5.74) is 8.60. The van der Waals surface area contributed by atoms with E-state index in [1.165, 1.54) is 7.11 Å². The van der Waals surface area contributed by atoms with E-state index in [1.807, 2.05) is 30.3 Å². The lowest BCUT2D eigenvalue weighted by molar-refractivity contribution is -0.137. The van der Waals surface area contributed by atoms with E-state index in [0.29, 0.717) is 22.1 Å². The summed E-state index contributed by atoms with van der Waals surface area (Å²) in [6, 6.07) is 11.8. The average molecular weight is 366 g/mol. The highest BCUT2D eigenvalue weighted by molar-refractivity contribution is 7.99. The van der Waals surface area contributed by atoms with Crippen LogP contribution < -0.4 is 5.73 Å². The summed E-state index contributed by atoms with van der Waals surface area (Å²) >= 11 is 1.06. The second-order valence-corrected chi connectivity index (χ2v) is 6.76. The van der Waals surface area contributed by atoms with E-state index in [0.717, 1.165) is 17.3 Å². The van der Waals surface area contributed by atoms with Gasteiger partial charge in [-0.2, -0.15) is 10.5 Å². The second kappa shape index (κ2) is 8.37. The first-order chi connectivity index (χ1) is 12.4. The Morgan fingerprint density at radius 3 is 2.35 bits per heavy atom. The molecule has 1 heterocycles. The minimum Gasteiger partial charge on any atom is -0.468 e. The van der Waals surface area contributed by atoms with Crippen LogP contribution in [0.4, 0.5) is 5.82 Å². The number of pyridine rings is 1. The SMILES string of the molecule is COC(=O)CSc1nc(N)c(C#N)c(-c2ccc(C(C)C)cc2)c1C#N. The number of nitriles is 2. The number of carbonyl (C=O) groups is 1. The van der Waals surface area contributed by atoms with Crippen LogP contribution in [0.3, 0.4) is 0 Å². The number of anilines is 1. The zero-order chi connectivity index (χ0) is 19.3. The van der Waals surface area contributed by atoms with E-state index in [9.17, 15) is 15.3 Å². The van der Waals surface area contributed by atoms with Crippen LogP contribution in [0.1, 0.15) is 36.5 Å². The summed E-state index contributed by atoms with van der Waals surface area (Å²) in [4.78, 5) is 15.6. The van der Waals surface area contributed by atoms with Gasteiger partial charge in [0.15, 0.2) is 0 Å². The Morgan fingerprint density at radius 2 is 1.85 bits per heavy atom. The van der Waals surface area contributed by atoms with Gasteiger partial charge in [0.05, 0.1) is 18.4 Å². The van der Waals surface area contributed by atoms with Gasteiger partial charge in [-0.1, -0.05) is 49.9 Å². The third-order valence-electron chi connectivity index (χ3n) is 3.84. The number of esters is 1. The molecule has 7 heteroatoms. The third-order valence-corrected chi connectivity index (χ3v) is 4.78. The molecule has 0 unspecified atom stereocenters. The van der Waals surface area contributed by atoms with Crippen molar-refractivity contribution in [3.05, 3.63) is 41.0 Å². The number of methoxy groups -OCH3 is 1. The molecule has 0 aliphatic rings. The fraction of sp³-hybridized carbons (Fsp3) is 0.263. The molecule has 0 bridgehead atoms. The van der Waals surface area contributed by atoms with Gasteiger partial charge in [-0.3, -0.25) is 4.79 Å². The van der Waals surface area contributed by atoms with E-state index in [4.69, 9.17) is 5.73 Å². The number of rotatable bonds is 5. The number of carbonyl (C=O) groups excluding carboxylic acids is 1. The van der Waals surface area contributed by atoms with E-state index < -0.39 is 5.97 Å². The van der Waals surface area contributed by atoms with Crippen molar-refractivity contribution in [2.75, 3.05) is 18.6 Å². The van der Waals surface area contributed by atoms with Crippen molar-refractivity contribution in [1.29, 1.82) is 10.5 Å². The Labute approximate surface area is 156 Å². The van der Waals surface area contributed by atoms with Crippen LogP contribution in [0, 0.1) is 22.7 Å². The lowest BCUT2D eigenvalue weighted by Crippen LogP contribution is -2.07. The Balaban J connectivity index is 2.62. The number of thioether (sulfide) groups is 1. The molecule has 2 rings (SSSR count). The van der Waals surface area contributed by atoms with Crippen molar-refractivity contribution in [1.82, 2.24) is 4.98 Å². The maximum atomic E-state index is 11.4. The number of nitrogens with two attached hydrogens (primary N) is 1. The first-order valence-corrected chi connectivity index (χ1v) is 8.85. The first kappa shape index (κ1) is 19.3. The molecule has 0 aliphatic carbocycles. The molecule has 0 aliphatic heterocycles. The van der Waals surface area contributed by atoms with Crippen LogP contribution in [0.2, 0.25) is 0 Å². The summed E-state index contributed by atoms with van der Waals surface area (Å²) in [5, 5.41) is 19.5. The molecule has 6 nitrogen and oxygen atoms in total. The fourth-order valence-electron chi connectivity index (χ4n) is 2.41. The number of aromatic nitrogens is 1. The quantitative estimate of drug-likeness (QED) is 0.637. The van der Waals surface area contributed by atoms with E-state index in [-0.39, 0.29) is 22.7 Å². The fourth-order valence-corrected chi connectivity index (χ4v) is 3.24. The van der Waals surface area contributed by atoms with Crippen LogP contribution >= 0.6 is 11.8 Å². The van der Waals surface area contributed by atoms with Crippen LogP contribution in [-0.2, 0) is 9.53 Å². The standard InChI is InChI=1S/C19H18N4O2S/c1-11(2)12-4-6-13(7-5-12)17-14(8-20)18(22)23-19(15(17)9-21)26-10-16(24)25-3/h4-7,11H,10H2,1-3H3,(H2,22,23). The Morgan fingerprint density at radius 1 is 1.23 bits per heavy atom. The van der Waals surface area contributed by atoms with Gasteiger partial charge in [0, 0.05) is 5.56 Å². The summed E-state index contributed by atoms with van der Waals surface area (Å²) in [7, 11) is 1.29. The Kier molecular flexibility index (Phi) is 6.21. The van der Waals surface area contributed by atoms with Crippen molar-refractivity contribution < 1.29 is 9.53 Å². The normalized spacial score (nSPS) is 10.2. The van der Waals surface area contributed by atoms with Crippen molar-refractivity contribution in [2.45, 2.75) is 24.8 Å². The monoisotopic (exact) mass is 366 g/mol. The summed E-state index contributed by atoms with van der Waals surface area (Å²) in [6.45, 7) is 4.17. The van der Waals surface area contributed by atoms with Gasteiger partial charge >= 0.3 is 5.97 Å². The molecule has 132 valence electrons. The first-order valence-electron chi connectivity index (χ1n) is 7.86. The maximum Gasteiger partial charge on any atom is 0.316 e. The molecule has 1 aromatic heterocycles. The lowest BCUT2D eigenvalue weighted by Gasteiger charge is -2.13. The smallest absolute Gasteiger partial charge is 0.316 e. The van der Waals surface area contributed by atoms with E-state index >= 15 is 0 Å². The zero-order valence-electron chi connectivity index (χ0n) is 14.7. The number of ether oxygens (including phenoxy) is 1. The topological polar surface area (TPSA) is 113 Å². The second-order valence-electron chi connectivity index (χ2n) is 5.79. The molecule has 2 N–H and O–H groups in total. The highest BCUT2D eigenvalue weighted by Crippen LogP contribution is 2.36. The lowest BCUT2D eigenvalue weighted by atomic mass is 9.94. The molecule has 0 saturated heterocycles. The maximum absolute atomic E-state index is 11.4. The predicted octanol–water partition coefficient (Wildman–Crippen LogP) is 3.46. The minimum atomic E-state index is -0.438. The zero-order valence-corrected chi connectivity index (χ0v) is 15.6. The van der Waals surface area contributed by atoms with Gasteiger partial charge in [-0.25, -0.2) is 4.98 Å². The number of hydrogen-bond donors (Lipinski definition) is 1. The highest BCUT2D eigenvalue weighted by atomic mass is 32.2. The Bertz CT molecular complexity index is 909. The van der Waals surface area contributed by atoms with Crippen LogP contribution in [0.25, 0.3) is 11.1 Å². The molecular weight excluding hydrogens is 348 g/mol. The molecule has 2 aromatic rings. The van der Waals surface area contributed by atoms with Crippen molar-refractivity contribution in [2.24, 2.45) is 0 Å². The minimum absolute atomic E-state index is 0.00471. The molecule has 0 fully saturated rings. The van der Waals surface area contributed by atoms with Gasteiger partial charge < -0.3 is 10.5 Å². The summed E-state index contributed by atoms with van der Waals surface area (Å²) in [6.07, 6.45) is 0. The van der Waals surface area contributed by atoms with Gasteiger partial charge in [0.2, 0.25) is 0 Å². The molecular formula is C19H18N4O2S. The molecule has 0 spiro atoms. The average Bonchev–Trinajstić information content (AvgIpc) is 2.65. The van der Waals surface area contributed by atoms with Crippen LogP contribution in [0.15, 0.2) is 29.3 Å². The summed E-state index contributed by atoms with van der Waals surface area (Å²) < 4.78 is 4.62. The molecule has 0 radical (unpaired) electrons. The van der Waals surface area contributed by atoms with E-state index in [1.54, 1.807) is 0 Å². The number of hydrogen-bond acceptors (Lipinski definition) is 7. The molecule has 0 atom stereocenters. The number of nitrogen functional groups attached to an aromatic ring is 1. The van der Waals surface area contributed by atoms with Crippen molar-refractivity contribution >= 4 is 23.5 Å². The van der Waals surface area contributed by atoms with Crippen LogP contribution in [-0.4, -0.2) is 23.8 Å². The van der Waals surface area contributed by atoms with Crippen LogP contribution in [0.5, 0.6) is 0 Å². The molecule has 26 heavy (non-hydrogen) atoms. The predicted molar refractivity (Wildman–Crippen MR) is 100 cm³/mol. The number of nitrogens with zero attached hydrogens (tertiary/aromatic N) is 3. The van der Waals surface area contributed by atoms with Gasteiger partial charge in [-0.05, 0) is 17.0 Å².